The van der Waals surface area contributed by atoms with Gasteiger partial charge in [0.1, 0.15) is 5.69 Å². The minimum absolute atomic E-state index is 0.0193. The second-order valence-corrected chi connectivity index (χ2v) is 4.54. The molecule has 0 bridgehead atoms. The molecule has 0 radical (unpaired) electrons. The fraction of sp³-hybridized carbons (Fsp3) is 0.143. The number of carbonyl (C=O) groups excluding carboxylic acids is 2. The number of benzene rings is 1. The number of nitro benzene ring substituents is 1. The maximum Gasteiger partial charge on any atom is 0.355 e. The highest BCUT2D eigenvalue weighted by atomic mass is 19.1. The topological polar surface area (TPSA) is 114 Å². The number of H-pyrrole nitrogens is 1. The maximum atomic E-state index is 13.2. The Hall–Kier alpha value is -3.23. The van der Waals surface area contributed by atoms with E-state index in [4.69, 9.17) is 4.74 Å². The summed E-state index contributed by atoms with van der Waals surface area (Å²) in [6.07, 6.45) is 0.383. The molecule has 0 aliphatic rings. The maximum absolute atomic E-state index is 13.2. The number of hydrogen-bond donors (Lipinski definition) is 2. The third-order valence-corrected chi connectivity index (χ3v) is 2.88. The molecule has 1 heterocycles. The molecule has 0 aliphatic heterocycles. The lowest BCUT2D eigenvalue weighted by Gasteiger charge is -2.13. The van der Waals surface area contributed by atoms with Gasteiger partial charge in [0.15, 0.2) is 6.10 Å². The van der Waals surface area contributed by atoms with Crippen molar-refractivity contribution in [3.8, 4) is 0 Å². The SMILES string of the molecule is C[C@@H](OC(=O)c1ccc[nH]1)C(=O)Nc1ccc(F)c([N+](=O)[O-])c1. The highest BCUT2D eigenvalue weighted by Gasteiger charge is 2.21. The number of halogens is 1. The van der Waals surface area contributed by atoms with E-state index < -0.39 is 34.4 Å². The van der Waals surface area contributed by atoms with Crippen LogP contribution in [0.15, 0.2) is 36.5 Å². The zero-order chi connectivity index (χ0) is 17.0. The Balaban J connectivity index is 2.02. The van der Waals surface area contributed by atoms with Gasteiger partial charge < -0.3 is 15.0 Å². The van der Waals surface area contributed by atoms with Gasteiger partial charge in [-0.3, -0.25) is 14.9 Å². The van der Waals surface area contributed by atoms with Crippen molar-refractivity contribution in [2.45, 2.75) is 13.0 Å². The summed E-state index contributed by atoms with van der Waals surface area (Å²) < 4.78 is 18.2. The van der Waals surface area contributed by atoms with Gasteiger partial charge in [-0.25, -0.2) is 4.79 Å². The summed E-state index contributed by atoms with van der Waals surface area (Å²) in [6, 6.07) is 5.99. The standard InChI is InChI=1S/C14H12FN3O5/c1-8(23-14(20)11-3-2-6-16-11)13(19)17-9-4-5-10(15)12(7-9)18(21)22/h2-8,16H,1H3,(H,17,19)/t8-/m1/s1. The molecule has 1 amide bonds. The number of nitrogens with zero attached hydrogens (tertiary/aromatic N) is 1. The van der Waals surface area contributed by atoms with Crippen LogP contribution >= 0.6 is 0 Å². The summed E-state index contributed by atoms with van der Waals surface area (Å²) in [6.45, 7) is 1.34. The van der Waals surface area contributed by atoms with Crippen LogP contribution in [-0.4, -0.2) is 27.9 Å². The van der Waals surface area contributed by atoms with Gasteiger partial charge in [0.2, 0.25) is 5.82 Å². The summed E-state index contributed by atoms with van der Waals surface area (Å²) in [5.74, 6) is -2.44. The molecule has 9 heteroatoms. The molecule has 2 aromatic rings. The molecule has 0 fully saturated rings. The Bertz CT molecular complexity index is 745. The molecule has 0 aliphatic carbocycles. The zero-order valence-corrected chi connectivity index (χ0v) is 11.9. The van der Waals surface area contributed by atoms with E-state index in [0.29, 0.717) is 0 Å². The van der Waals surface area contributed by atoms with Gasteiger partial charge in [-0.1, -0.05) is 0 Å². The van der Waals surface area contributed by atoms with Gasteiger partial charge >= 0.3 is 11.7 Å². The first-order valence-electron chi connectivity index (χ1n) is 6.47. The van der Waals surface area contributed by atoms with Gasteiger partial charge in [0, 0.05) is 18.0 Å². The first kappa shape index (κ1) is 16.1. The molecule has 8 nitrogen and oxygen atoms in total. The summed E-state index contributed by atoms with van der Waals surface area (Å²) >= 11 is 0. The summed E-state index contributed by atoms with van der Waals surface area (Å²) in [4.78, 5) is 36.0. The average molecular weight is 321 g/mol. The lowest BCUT2D eigenvalue weighted by Crippen LogP contribution is -2.30. The first-order chi connectivity index (χ1) is 10.9. The molecule has 2 rings (SSSR count). The summed E-state index contributed by atoms with van der Waals surface area (Å²) in [7, 11) is 0. The van der Waals surface area contributed by atoms with E-state index in [2.05, 4.69) is 10.3 Å². The highest BCUT2D eigenvalue weighted by Crippen LogP contribution is 2.21. The Morgan fingerprint density at radius 3 is 2.74 bits per heavy atom. The second kappa shape index (κ2) is 6.69. The van der Waals surface area contributed by atoms with Crippen molar-refractivity contribution in [1.82, 2.24) is 4.98 Å². The number of carbonyl (C=O) groups is 2. The van der Waals surface area contributed by atoms with E-state index in [0.717, 1.165) is 12.1 Å². The van der Waals surface area contributed by atoms with Crippen molar-refractivity contribution < 1.29 is 23.6 Å². The van der Waals surface area contributed by atoms with Crippen LogP contribution in [0.1, 0.15) is 17.4 Å². The van der Waals surface area contributed by atoms with E-state index >= 15 is 0 Å². The average Bonchev–Trinajstić information content (AvgIpc) is 3.03. The number of hydrogen-bond acceptors (Lipinski definition) is 5. The third kappa shape index (κ3) is 3.90. The number of esters is 1. The molecule has 1 aromatic heterocycles. The van der Waals surface area contributed by atoms with Crippen molar-refractivity contribution in [1.29, 1.82) is 0 Å². The van der Waals surface area contributed by atoms with Gasteiger partial charge in [-0.05, 0) is 31.2 Å². The van der Waals surface area contributed by atoms with Crippen molar-refractivity contribution in [2.75, 3.05) is 5.32 Å². The normalized spacial score (nSPS) is 11.6. The number of aromatic nitrogens is 1. The quantitative estimate of drug-likeness (QED) is 0.498. The summed E-state index contributed by atoms with van der Waals surface area (Å²) in [5.41, 5.74) is -0.563. The van der Waals surface area contributed by atoms with Crippen molar-refractivity contribution in [3.05, 3.63) is 58.2 Å². The smallest absolute Gasteiger partial charge is 0.355 e. The minimum atomic E-state index is -1.14. The molecule has 0 unspecified atom stereocenters. The third-order valence-electron chi connectivity index (χ3n) is 2.88. The van der Waals surface area contributed by atoms with Crippen LogP contribution in [0.5, 0.6) is 0 Å². The molecule has 1 aromatic carbocycles. The van der Waals surface area contributed by atoms with E-state index in [1.54, 1.807) is 6.07 Å². The first-order valence-corrected chi connectivity index (χ1v) is 6.47. The van der Waals surface area contributed by atoms with Crippen LogP contribution in [-0.2, 0) is 9.53 Å². The lowest BCUT2D eigenvalue weighted by atomic mass is 10.2. The number of nitro groups is 1. The number of aromatic amines is 1. The Kier molecular flexibility index (Phi) is 4.69. The van der Waals surface area contributed by atoms with Gasteiger partial charge in [-0.2, -0.15) is 4.39 Å². The van der Waals surface area contributed by atoms with E-state index in [-0.39, 0.29) is 11.4 Å². The number of anilines is 1. The fourth-order valence-corrected chi connectivity index (χ4v) is 1.71. The van der Waals surface area contributed by atoms with E-state index in [1.807, 2.05) is 0 Å². The van der Waals surface area contributed by atoms with Crippen LogP contribution in [0.3, 0.4) is 0 Å². The van der Waals surface area contributed by atoms with Crippen LogP contribution < -0.4 is 5.32 Å². The Morgan fingerprint density at radius 2 is 2.13 bits per heavy atom. The molecule has 0 spiro atoms. The van der Waals surface area contributed by atoms with Gasteiger partial charge in [-0.15, -0.1) is 0 Å². The molecule has 2 N–H and O–H groups in total. The fourth-order valence-electron chi connectivity index (χ4n) is 1.71. The minimum Gasteiger partial charge on any atom is -0.448 e. The van der Waals surface area contributed by atoms with Gasteiger partial charge in [0.05, 0.1) is 4.92 Å². The largest absolute Gasteiger partial charge is 0.448 e. The molecule has 0 saturated carbocycles. The summed E-state index contributed by atoms with van der Waals surface area (Å²) in [5, 5.41) is 13.0. The lowest BCUT2D eigenvalue weighted by molar-refractivity contribution is -0.387. The van der Waals surface area contributed by atoms with Crippen LogP contribution in [0, 0.1) is 15.9 Å². The molecule has 1 atom stereocenters. The molecule has 120 valence electrons. The second-order valence-electron chi connectivity index (χ2n) is 4.54. The number of amides is 1. The number of ether oxygens (including phenoxy) is 1. The van der Waals surface area contributed by atoms with Gasteiger partial charge in [0.25, 0.3) is 5.91 Å². The molecule has 23 heavy (non-hydrogen) atoms. The van der Waals surface area contributed by atoms with Crippen molar-refractivity contribution >= 4 is 23.3 Å². The Labute approximate surface area is 129 Å². The predicted molar refractivity (Wildman–Crippen MR) is 77.4 cm³/mol. The van der Waals surface area contributed by atoms with E-state index in [1.165, 1.54) is 25.3 Å². The van der Waals surface area contributed by atoms with Crippen LogP contribution in [0.2, 0.25) is 0 Å². The Morgan fingerprint density at radius 1 is 1.39 bits per heavy atom. The molecular weight excluding hydrogens is 309 g/mol. The van der Waals surface area contributed by atoms with Crippen molar-refractivity contribution in [2.24, 2.45) is 0 Å². The van der Waals surface area contributed by atoms with Crippen LogP contribution in [0.4, 0.5) is 15.8 Å². The predicted octanol–water partition coefficient (Wildman–Crippen LogP) is 2.25. The number of rotatable bonds is 5. The molecule has 0 saturated heterocycles. The van der Waals surface area contributed by atoms with Crippen molar-refractivity contribution in [3.63, 3.8) is 0 Å². The zero-order valence-electron chi connectivity index (χ0n) is 11.9. The highest BCUT2D eigenvalue weighted by molar-refractivity contribution is 5.97. The number of nitrogens with one attached hydrogen (secondary N) is 2. The van der Waals surface area contributed by atoms with E-state index in [9.17, 15) is 24.1 Å². The molecular formula is C14H12FN3O5. The monoisotopic (exact) mass is 321 g/mol. The van der Waals surface area contributed by atoms with Crippen LogP contribution in [0.25, 0.3) is 0 Å².